The van der Waals surface area contributed by atoms with Gasteiger partial charge in [-0.15, -0.1) is 0 Å². The molecule has 0 spiro atoms. The Bertz CT molecular complexity index is 1500. The van der Waals surface area contributed by atoms with Crippen molar-refractivity contribution in [3.8, 4) is 11.3 Å². The summed E-state index contributed by atoms with van der Waals surface area (Å²) in [5.41, 5.74) is 1.59. The summed E-state index contributed by atoms with van der Waals surface area (Å²) in [4.78, 5) is 30.5. The number of ether oxygens (including phenoxy) is 2. The maximum absolute atomic E-state index is 13.5. The molecular weight excluding hydrogens is 546 g/mol. The van der Waals surface area contributed by atoms with Gasteiger partial charge in [-0.1, -0.05) is 0 Å². The molecule has 3 N–H and O–H groups in total. The lowest BCUT2D eigenvalue weighted by atomic mass is 10.0. The first-order valence-electron chi connectivity index (χ1n) is 11.3. The molecular formula is C23H26FN2O10PS. The number of sulfonamides is 1. The molecule has 1 aromatic heterocycles. The van der Waals surface area contributed by atoms with E-state index in [-0.39, 0.29) is 35.7 Å². The fraction of sp³-hybridized carbons (Fsp3) is 0.348. The summed E-state index contributed by atoms with van der Waals surface area (Å²) in [5.74, 6) is -0.725. The number of nitrogens with zero attached hydrogens (tertiary/aromatic N) is 1. The van der Waals surface area contributed by atoms with Gasteiger partial charge < -0.3 is 29.0 Å². The third-order valence-corrected chi connectivity index (χ3v) is 7.47. The Hall–Kier alpha value is -2.84. The molecule has 2 unspecified atom stereocenters. The lowest BCUT2D eigenvalue weighted by molar-refractivity contribution is -0.0771. The van der Waals surface area contributed by atoms with Crippen LogP contribution in [0.1, 0.15) is 28.9 Å². The summed E-state index contributed by atoms with van der Waals surface area (Å²) in [7, 11) is -7.13. The Kier molecular flexibility index (Phi) is 7.96. The first kappa shape index (κ1) is 28.2. The highest BCUT2D eigenvalue weighted by Crippen LogP contribution is 2.42. The molecule has 4 rings (SSSR count). The Balaban J connectivity index is 1.79. The quantitative estimate of drug-likeness (QED) is 0.208. The van der Waals surface area contributed by atoms with Crippen molar-refractivity contribution in [1.82, 2.24) is 5.32 Å². The van der Waals surface area contributed by atoms with Crippen LogP contribution in [0.25, 0.3) is 22.3 Å². The van der Waals surface area contributed by atoms with E-state index < -0.39 is 48.6 Å². The molecule has 0 aliphatic carbocycles. The largest absolute Gasteiger partial charge is 0.471 e. The van der Waals surface area contributed by atoms with Crippen molar-refractivity contribution in [3.63, 3.8) is 0 Å². The average molecular weight is 573 g/mol. The molecule has 38 heavy (non-hydrogen) atoms. The van der Waals surface area contributed by atoms with Gasteiger partial charge in [0.2, 0.25) is 10.0 Å². The minimum Gasteiger partial charge on any atom is -0.455 e. The second kappa shape index (κ2) is 10.7. The first-order valence-corrected chi connectivity index (χ1v) is 14.7. The summed E-state index contributed by atoms with van der Waals surface area (Å²) in [6.07, 6.45) is -0.487. The van der Waals surface area contributed by atoms with E-state index in [2.05, 4.69) is 9.84 Å². The molecule has 0 saturated carbocycles. The maximum Gasteiger partial charge on any atom is 0.471 e. The highest BCUT2D eigenvalue weighted by Gasteiger charge is 2.34. The Morgan fingerprint density at radius 2 is 1.95 bits per heavy atom. The van der Waals surface area contributed by atoms with Crippen molar-refractivity contribution in [2.45, 2.75) is 19.1 Å². The van der Waals surface area contributed by atoms with Gasteiger partial charge in [-0.25, -0.2) is 17.4 Å². The minimum atomic E-state index is -4.74. The number of hydrogen-bond acceptors (Lipinski definition) is 8. The van der Waals surface area contributed by atoms with E-state index >= 15 is 0 Å². The number of halogens is 1. The lowest BCUT2D eigenvalue weighted by Crippen LogP contribution is -2.38. The van der Waals surface area contributed by atoms with Gasteiger partial charge in [0, 0.05) is 29.6 Å². The molecule has 1 amide bonds. The van der Waals surface area contributed by atoms with E-state index in [0.717, 1.165) is 10.6 Å². The number of anilines is 1. The molecule has 0 bridgehead atoms. The van der Waals surface area contributed by atoms with Crippen LogP contribution in [0.4, 0.5) is 10.1 Å². The Morgan fingerprint density at radius 1 is 1.26 bits per heavy atom. The van der Waals surface area contributed by atoms with Crippen LogP contribution in [0.15, 0.2) is 40.8 Å². The van der Waals surface area contributed by atoms with Gasteiger partial charge in [0.05, 0.1) is 36.8 Å². The number of phosphoric acid groups is 1. The Labute approximate surface area is 217 Å². The molecule has 15 heteroatoms. The van der Waals surface area contributed by atoms with Crippen LogP contribution in [-0.2, 0) is 28.6 Å². The minimum absolute atomic E-state index is 0.175. The molecule has 2 aromatic carbocycles. The second-order valence-corrected chi connectivity index (χ2v) is 11.7. The number of amides is 1. The Morgan fingerprint density at radius 3 is 2.55 bits per heavy atom. The first-order chi connectivity index (χ1) is 17.8. The third-order valence-electron chi connectivity index (χ3n) is 5.88. The summed E-state index contributed by atoms with van der Waals surface area (Å²) >= 11 is 0. The van der Waals surface area contributed by atoms with Crippen LogP contribution >= 0.6 is 7.82 Å². The van der Waals surface area contributed by atoms with E-state index in [9.17, 15) is 22.2 Å². The molecule has 12 nitrogen and oxygen atoms in total. The summed E-state index contributed by atoms with van der Waals surface area (Å²) in [5, 5.41) is 2.97. The number of furan rings is 1. The van der Waals surface area contributed by atoms with E-state index in [1.807, 2.05) is 0 Å². The SMILES string of the molecule is CNC(=O)c1c(-c2ccc(F)cc2)oc2cc3c(cc12)C(C)OC(COCOP(=O)(O)O)CN3S(C)(=O)=O. The standard InChI is InChI=1S/C23H26FN2O10PS/c1-13-17-8-18-20(36-22(21(18)23(27)25-2)14-4-6-15(24)7-5-14)9-19(17)26(38(3,31)32)10-16(35-13)11-33-12-34-37(28,29)30/h4-9,13,16H,10-12H2,1-3H3,(H,25,27)(H2,28,29,30). The van der Waals surface area contributed by atoms with Crippen molar-refractivity contribution < 1.29 is 50.4 Å². The normalized spacial score (nSPS) is 18.3. The molecule has 0 saturated heterocycles. The van der Waals surface area contributed by atoms with Crippen molar-refractivity contribution in [3.05, 3.63) is 53.3 Å². The van der Waals surface area contributed by atoms with Gasteiger partial charge in [-0.05, 0) is 37.3 Å². The van der Waals surface area contributed by atoms with E-state index in [1.165, 1.54) is 37.4 Å². The van der Waals surface area contributed by atoms with Gasteiger partial charge in [0.15, 0.2) is 6.79 Å². The zero-order valence-corrected chi connectivity index (χ0v) is 22.3. The molecule has 1 aliphatic rings. The number of carbonyl (C=O) groups is 1. The number of hydrogen-bond donors (Lipinski definition) is 3. The van der Waals surface area contributed by atoms with Crippen LogP contribution in [-0.4, -0.2) is 63.5 Å². The maximum atomic E-state index is 13.5. The van der Waals surface area contributed by atoms with Crippen LogP contribution < -0.4 is 9.62 Å². The van der Waals surface area contributed by atoms with E-state index in [1.54, 1.807) is 13.0 Å². The topological polar surface area (TPSA) is 165 Å². The van der Waals surface area contributed by atoms with Gasteiger partial charge in [0.1, 0.15) is 23.3 Å². The molecule has 2 heterocycles. The molecule has 0 fully saturated rings. The van der Waals surface area contributed by atoms with Crippen molar-refractivity contribution in [1.29, 1.82) is 0 Å². The van der Waals surface area contributed by atoms with E-state index in [0.29, 0.717) is 16.5 Å². The lowest BCUT2D eigenvalue weighted by Gasteiger charge is -2.24. The summed E-state index contributed by atoms with van der Waals surface area (Å²) in [6.45, 7) is 0.569. The van der Waals surface area contributed by atoms with Gasteiger partial charge >= 0.3 is 7.82 Å². The van der Waals surface area contributed by atoms with Gasteiger partial charge in [-0.2, -0.15) is 0 Å². The van der Waals surface area contributed by atoms with Gasteiger partial charge in [-0.3, -0.25) is 13.6 Å². The number of rotatable bonds is 8. The molecule has 2 atom stereocenters. The van der Waals surface area contributed by atoms with Crippen LogP contribution in [0.3, 0.4) is 0 Å². The smallest absolute Gasteiger partial charge is 0.455 e. The zero-order chi connectivity index (χ0) is 27.8. The summed E-state index contributed by atoms with van der Waals surface area (Å²) < 4.78 is 72.6. The van der Waals surface area contributed by atoms with Crippen LogP contribution in [0.5, 0.6) is 0 Å². The molecule has 3 aromatic rings. The molecule has 1 aliphatic heterocycles. The fourth-order valence-electron chi connectivity index (χ4n) is 4.23. The monoisotopic (exact) mass is 572 g/mol. The predicted molar refractivity (Wildman–Crippen MR) is 134 cm³/mol. The zero-order valence-electron chi connectivity index (χ0n) is 20.6. The number of nitrogens with one attached hydrogen (secondary N) is 1. The number of phosphoric ester groups is 1. The fourth-order valence-corrected chi connectivity index (χ4v) is 5.39. The number of benzene rings is 2. The predicted octanol–water partition coefficient (Wildman–Crippen LogP) is 2.91. The number of carbonyl (C=O) groups excluding carboxylic acids is 1. The molecule has 0 radical (unpaired) electrons. The molecule has 206 valence electrons. The number of fused-ring (bicyclic) bond motifs is 2. The van der Waals surface area contributed by atoms with Crippen molar-refractivity contribution >= 4 is 40.4 Å². The third kappa shape index (κ3) is 6.07. The van der Waals surface area contributed by atoms with E-state index in [4.69, 9.17) is 23.7 Å². The summed E-state index contributed by atoms with van der Waals surface area (Å²) in [6, 6.07) is 8.54. The highest BCUT2D eigenvalue weighted by atomic mass is 32.2. The van der Waals surface area contributed by atoms with Crippen LogP contribution in [0.2, 0.25) is 0 Å². The average Bonchev–Trinajstić information content (AvgIpc) is 3.14. The van der Waals surface area contributed by atoms with Crippen molar-refractivity contribution in [2.75, 3.05) is 37.6 Å². The second-order valence-electron chi connectivity index (χ2n) is 8.60. The van der Waals surface area contributed by atoms with Gasteiger partial charge in [0.25, 0.3) is 5.91 Å². The van der Waals surface area contributed by atoms with Crippen molar-refractivity contribution in [2.24, 2.45) is 0 Å². The highest BCUT2D eigenvalue weighted by molar-refractivity contribution is 7.92. The van der Waals surface area contributed by atoms with Crippen LogP contribution in [0, 0.1) is 5.82 Å².